The summed E-state index contributed by atoms with van der Waals surface area (Å²) in [5.74, 6) is 0.180. The molecule has 0 aromatic heterocycles. The third-order valence-electron chi connectivity index (χ3n) is 2.70. The molecule has 0 spiro atoms. The molecule has 0 aromatic rings. The number of nitrogens with one attached hydrogen (secondary N) is 2. The second-order valence-electron chi connectivity index (χ2n) is 4.17. The first kappa shape index (κ1) is 14.2. The highest BCUT2D eigenvalue weighted by Gasteiger charge is 2.20. The maximum atomic E-state index is 11.5. The van der Waals surface area contributed by atoms with Crippen molar-refractivity contribution in [2.75, 3.05) is 12.3 Å². The summed E-state index contributed by atoms with van der Waals surface area (Å²) >= 11 is 1.86. The minimum Gasteiger partial charge on any atom is -0.480 e. The van der Waals surface area contributed by atoms with Crippen molar-refractivity contribution < 1.29 is 14.7 Å². The number of carboxylic acid groups (broad SMARTS) is 1. The number of carbonyl (C=O) groups excluding carboxylic acids is 1. The van der Waals surface area contributed by atoms with E-state index in [1.807, 2.05) is 18.7 Å². The fourth-order valence-electron chi connectivity index (χ4n) is 1.77. The van der Waals surface area contributed by atoms with Crippen LogP contribution in [0.2, 0.25) is 0 Å². The van der Waals surface area contributed by atoms with Crippen LogP contribution in [-0.2, 0) is 4.79 Å². The van der Waals surface area contributed by atoms with Crippen LogP contribution >= 0.6 is 11.8 Å². The average molecular weight is 260 g/mol. The van der Waals surface area contributed by atoms with Crippen LogP contribution in [0.1, 0.15) is 32.6 Å². The Kier molecular flexibility index (Phi) is 6.18. The molecule has 0 saturated carbocycles. The van der Waals surface area contributed by atoms with Crippen LogP contribution in [0.4, 0.5) is 4.79 Å². The number of hydrogen-bond acceptors (Lipinski definition) is 3. The third kappa shape index (κ3) is 5.30. The maximum absolute atomic E-state index is 11.5. The summed E-state index contributed by atoms with van der Waals surface area (Å²) in [6.45, 7) is 2.51. The molecule has 1 saturated heterocycles. The van der Waals surface area contributed by atoms with Crippen molar-refractivity contribution in [1.29, 1.82) is 0 Å². The van der Waals surface area contributed by atoms with Crippen molar-refractivity contribution in [1.82, 2.24) is 10.6 Å². The molecule has 0 aliphatic carbocycles. The zero-order valence-corrected chi connectivity index (χ0v) is 10.9. The van der Waals surface area contributed by atoms with E-state index in [9.17, 15) is 9.59 Å². The van der Waals surface area contributed by atoms with Gasteiger partial charge in [0.05, 0.1) is 0 Å². The number of thioether (sulfide) groups is 1. The molecular weight excluding hydrogens is 240 g/mol. The topological polar surface area (TPSA) is 78.4 Å². The Balaban J connectivity index is 2.23. The van der Waals surface area contributed by atoms with Crippen molar-refractivity contribution >= 4 is 23.8 Å². The normalized spacial score (nSPS) is 20.9. The van der Waals surface area contributed by atoms with Crippen LogP contribution < -0.4 is 10.6 Å². The fraction of sp³-hybridized carbons (Fsp3) is 0.818. The smallest absolute Gasteiger partial charge is 0.326 e. The van der Waals surface area contributed by atoms with Crippen molar-refractivity contribution in [3.05, 3.63) is 0 Å². The van der Waals surface area contributed by atoms with Gasteiger partial charge in [-0.1, -0.05) is 13.3 Å². The van der Waals surface area contributed by atoms with Crippen LogP contribution in [0.3, 0.4) is 0 Å². The van der Waals surface area contributed by atoms with Crippen LogP contribution in [-0.4, -0.2) is 40.7 Å². The summed E-state index contributed by atoms with van der Waals surface area (Å²) in [7, 11) is 0. The summed E-state index contributed by atoms with van der Waals surface area (Å²) in [6.07, 6.45) is 3.52. The minimum absolute atomic E-state index is 0.377. The lowest BCUT2D eigenvalue weighted by atomic mass is 10.2. The second kappa shape index (κ2) is 7.42. The molecule has 1 heterocycles. The SMILES string of the molecule is CCCC(NC(=O)NCC1CCCS1)C(=O)O. The number of carbonyl (C=O) groups is 2. The molecule has 5 nitrogen and oxygen atoms in total. The zero-order valence-electron chi connectivity index (χ0n) is 10.1. The Morgan fingerprint density at radius 2 is 2.29 bits per heavy atom. The molecule has 1 rings (SSSR count). The molecule has 98 valence electrons. The molecule has 0 aromatic carbocycles. The molecule has 1 aliphatic rings. The molecule has 2 atom stereocenters. The number of amides is 2. The fourth-order valence-corrected chi connectivity index (χ4v) is 2.97. The standard InChI is InChI=1S/C11H20N2O3S/c1-2-4-9(10(14)15)13-11(16)12-7-8-5-3-6-17-8/h8-9H,2-7H2,1H3,(H,14,15)(H2,12,13,16). The van der Waals surface area contributed by atoms with Gasteiger partial charge in [0.2, 0.25) is 0 Å². The predicted octanol–water partition coefficient (Wildman–Crippen LogP) is 1.43. The van der Waals surface area contributed by atoms with Gasteiger partial charge in [-0.2, -0.15) is 11.8 Å². The van der Waals surface area contributed by atoms with Gasteiger partial charge >= 0.3 is 12.0 Å². The Hall–Kier alpha value is -0.910. The summed E-state index contributed by atoms with van der Waals surface area (Å²) in [5.41, 5.74) is 0. The van der Waals surface area contributed by atoms with Crippen LogP contribution in [0.15, 0.2) is 0 Å². The van der Waals surface area contributed by atoms with Crippen molar-refractivity contribution in [3.8, 4) is 0 Å². The highest BCUT2D eigenvalue weighted by Crippen LogP contribution is 2.25. The average Bonchev–Trinajstić information content (AvgIpc) is 2.78. The van der Waals surface area contributed by atoms with Gasteiger partial charge in [-0.25, -0.2) is 9.59 Å². The lowest BCUT2D eigenvalue weighted by Gasteiger charge is -2.15. The zero-order chi connectivity index (χ0) is 12.7. The molecule has 17 heavy (non-hydrogen) atoms. The lowest BCUT2D eigenvalue weighted by Crippen LogP contribution is -2.47. The quantitative estimate of drug-likeness (QED) is 0.675. The van der Waals surface area contributed by atoms with Crippen molar-refractivity contribution in [3.63, 3.8) is 0 Å². The van der Waals surface area contributed by atoms with Gasteiger partial charge in [0, 0.05) is 11.8 Å². The number of carboxylic acids is 1. The molecule has 1 aliphatic heterocycles. The summed E-state index contributed by atoms with van der Waals surface area (Å²) < 4.78 is 0. The van der Waals surface area contributed by atoms with E-state index in [4.69, 9.17) is 5.11 Å². The van der Waals surface area contributed by atoms with E-state index in [0.29, 0.717) is 18.2 Å². The van der Waals surface area contributed by atoms with E-state index >= 15 is 0 Å². The van der Waals surface area contributed by atoms with E-state index in [1.54, 1.807) is 0 Å². The monoisotopic (exact) mass is 260 g/mol. The first-order valence-electron chi connectivity index (χ1n) is 6.02. The van der Waals surface area contributed by atoms with Crippen LogP contribution in [0, 0.1) is 0 Å². The Morgan fingerprint density at radius 3 is 2.82 bits per heavy atom. The van der Waals surface area contributed by atoms with E-state index in [0.717, 1.165) is 18.6 Å². The Labute approximate surface area is 106 Å². The van der Waals surface area contributed by atoms with Crippen molar-refractivity contribution in [2.45, 2.75) is 43.9 Å². The van der Waals surface area contributed by atoms with E-state index in [2.05, 4.69) is 10.6 Å². The molecular formula is C11H20N2O3S. The molecule has 0 radical (unpaired) electrons. The molecule has 2 unspecified atom stereocenters. The second-order valence-corrected chi connectivity index (χ2v) is 5.58. The number of urea groups is 1. The van der Waals surface area contributed by atoms with Crippen LogP contribution in [0.25, 0.3) is 0 Å². The van der Waals surface area contributed by atoms with Crippen LogP contribution in [0.5, 0.6) is 0 Å². The lowest BCUT2D eigenvalue weighted by molar-refractivity contribution is -0.139. The van der Waals surface area contributed by atoms with Gasteiger partial charge in [-0.3, -0.25) is 0 Å². The third-order valence-corrected chi connectivity index (χ3v) is 4.09. The Morgan fingerprint density at radius 1 is 1.53 bits per heavy atom. The molecule has 2 amide bonds. The van der Waals surface area contributed by atoms with Gasteiger partial charge in [-0.15, -0.1) is 0 Å². The van der Waals surface area contributed by atoms with Gasteiger partial charge < -0.3 is 15.7 Å². The predicted molar refractivity (Wildman–Crippen MR) is 68.3 cm³/mol. The summed E-state index contributed by atoms with van der Waals surface area (Å²) in [6, 6.07) is -1.16. The molecule has 3 N–H and O–H groups in total. The number of rotatable bonds is 6. The first-order chi connectivity index (χ1) is 8.13. The highest BCUT2D eigenvalue weighted by atomic mass is 32.2. The first-order valence-corrected chi connectivity index (χ1v) is 7.07. The number of aliphatic carboxylic acids is 1. The van der Waals surface area contributed by atoms with Gasteiger partial charge in [-0.05, 0) is 25.0 Å². The van der Waals surface area contributed by atoms with Gasteiger partial charge in [0.15, 0.2) is 0 Å². The van der Waals surface area contributed by atoms with E-state index in [-0.39, 0.29) is 6.03 Å². The highest BCUT2D eigenvalue weighted by molar-refractivity contribution is 8.00. The van der Waals surface area contributed by atoms with Gasteiger partial charge in [0.1, 0.15) is 6.04 Å². The maximum Gasteiger partial charge on any atom is 0.326 e. The summed E-state index contributed by atoms with van der Waals surface area (Å²) in [4.78, 5) is 22.3. The molecule has 0 bridgehead atoms. The minimum atomic E-state index is -0.975. The Bertz CT molecular complexity index is 267. The summed E-state index contributed by atoms with van der Waals surface area (Å²) in [5, 5.41) is 14.6. The largest absolute Gasteiger partial charge is 0.480 e. The number of hydrogen-bond donors (Lipinski definition) is 3. The van der Waals surface area contributed by atoms with Crippen molar-refractivity contribution in [2.24, 2.45) is 0 Å². The van der Waals surface area contributed by atoms with E-state index in [1.165, 1.54) is 6.42 Å². The van der Waals surface area contributed by atoms with Gasteiger partial charge in [0.25, 0.3) is 0 Å². The van der Waals surface area contributed by atoms with E-state index < -0.39 is 12.0 Å². The molecule has 1 fully saturated rings. The molecule has 6 heteroatoms.